The summed E-state index contributed by atoms with van der Waals surface area (Å²) in [5.41, 5.74) is 0. The Balaban J connectivity index is 1.71. The predicted molar refractivity (Wildman–Crippen MR) is 66.3 cm³/mol. The minimum atomic E-state index is -4.17. The Morgan fingerprint density at radius 1 is 1.25 bits per heavy atom. The maximum absolute atomic E-state index is 12.3. The highest BCUT2D eigenvalue weighted by atomic mass is 19.4. The molecule has 0 spiro atoms. The van der Waals surface area contributed by atoms with Gasteiger partial charge in [-0.15, -0.1) is 0 Å². The van der Waals surface area contributed by atoms with Crippen molar-refractivity contribution in [3.63, 3.8) is 0 Å². The number of nitrogens with zero attached hydrogens (tertiary/aromatic N) is 2. The molecule has 2 aliphatic heterocycles. The Morgan fingerprint density at radius 2 is 1.95 bits per heavy atom. The molecule has 0 aromatic heterocycles. The fourth-order valence-electron chi connectivity index (χ4n) is 2.50. The number of alkyl halides is 3. The second-order valence-corrected chi connectivity index (χ2v) is 5.20. The summed E-state index contributed by atoms with van der Waals surface area (Å²) in [6.07, 6.45) is -3.82. The van der Waals surface area contributed by atoms with E-state index in [0.29, 0.717) is 32.7 Å². The number of hydrogen-bond acceptors (Lipinski definition) is 4. The van der Waals surface area contributed by atoms with Gasteiger partial charge in [0.2, 0.25) is 5.91 Å². The standard InChI is InChI=1S/C12H20F3N3O2/c13-12(14,15)9-17-2-4-18(5-3-17)11(19)7-10-8-20-6-1-16-10/h10,16H,1-9H2. The molecular formula is C12H20F3N3O2. The number of hydrogen-bond donors (Lipinski definition) is 1. The molecule has 1 amide bonds. The van der Waals surface area contributed by atoms with Gasteiger partial charge in [0, 0.05) is 45.2 Å². The van der Waals surface area contributed by atoms with Crippen molar-refractivity contribution in [1.29, 1.82) is 0 Å². The number of rotatable bonds is 3. The number of carbonyl (C=O) groups excluding carboxylic acids is 1. The summed E-state index contributed by atoms with van der Waals surface area (Å²) in [5, 5.41) is 3.20. The van der Waals surface area contributed by atoms with Gasteiger partial charge in [-0.25, -0.2) is 0 Å². The van der Waals surface area contributed by atoms with E-state index in [1.807, 2.05) is 0 Å². The van der Waals surface area contributed by atoms with Crippen molar-refractivity contribution in [3.05, 3.63) is 0 Å². The van der Waals surface area contributed by atoms with Crippen LogP contribution in [0, 0.1) is 0 Å². The average molecular weight is 295 g/mol. The monoisotopic (exact) mass is 295 g/mol. The first-order valence-electron chi connectivity index (χ1n) is 6.82. The van der Waals surface area contributed by atoms with Gasteiger partial charge in [0.25, 0.3) is 0 Å². The molecule has 2 fully saturated rings. The van der Waals surface area contributed by atoms with E-state index in [-0.39, 0.29) is 25.0 Å². The van der Waals surface area contributed by atoms with Gasteiger partial charge in [-0.2, -0.15) is 13.2 Å². The molecule has 1 atom stereocenters. The highest BCUT2D eigenvalue weighted by Crippen LogP contribution is 2.17. The van der Waals surface area contributed by atoms with Gasteiger partial charge >= 0.3 is 6.18 Å². The molecule has 2 saturated heterocycles. The van der Waals surface area contributed by atoms with Gasteiger partial charge in [0.05, 0.1) is 19.8 Å². The highest BCUT2D eigenvalue weighted by Gasteiger charge is 2.33. The summed E-state index contributed by atoms with van der Waals surface area (Å²) >= 11 is 0. The molecule has 0 bridgehead atoms. The average Bonchev–Trinajstić information content (AvgIpc) is 2.39. The van der Waals surface area contributed by atoms with Crippen LogP contribution < -0.4 is 5.32 Å². The predicted octanol–water partition coefficient (Wildman–Crippen LogP) is 0.0714. The number of halogens is 3. The van der Waals surface area contributed by atoms with Crippen molar-refractivity contribution in [1.82, 2.24) is 15.1 Å². The zero-order chi connectivity index (χ0) is 14.6. The lowest BCUT2D eigenvalue weighted by Gasteiger charge is -2.36. The van der Waals surface area contributed by atoms with Crippen molar-refractivity contribution < 1.29 is 22.7 Å². The normalized spacial score (nSPS) is 25.8. The lowest BCUT2D eigenvalue weighted by atomic mass is 10.1. The number of nitrogens with one attached hydrogen (secondary N) is 1. The summed E-state index contributed by atoms with van der Waals surface area (Å²) in [5.74, 6) is -0.0142. The van der Waals surface area contributed by atoms with Gasteiger partial charge in [0.1, 0.15) is 0 Å². The molecule has 2 aliphatic rings. The van der Waals surface area contributed by atoms with Crippen molar-refractivity contribution >= 4 is 5.91 Å². The van der Waals surface area contributed by atoms with E-state index >= 15 is 0 Å². The maximum Gasteiger partial charge on any atom is 0.401 e. The second kappa shape index (κ2) is 6.73. The first kappa shape index (κ1) is 15.5. The lowest BCUT2D eigenvalue weighted by Crippen LogP contribution is -2.52. The van der Waals surface area contributed by atoms with Crippen LogP contribution >= 0.6 is 0 Å². The molecule has 0 saturated carbocycles. The van der Waals surface area contributed by atoms with Crippen molar-refractivity contribution in [2.75, 3.05) is 52.5 Å². The van der Waals surface area contributed by atoms with Crippen LogP contribution in [0.2, 0.25) is 0 Å². The topological polar surface area (TPSA) is 44.8 Å². The van der Waals surface area contributed by atoms with Crippen LogP contribution in [0.4, 0.5) is 13.2 Å². The Labute approximate surface area is 116 Å². The van der Waals surface area contributed by atoms with Crippen molar-refractivity contribution in [2.24, 2.45) is 0 Å². The zero-order valence-electron chi connectivity index (χ0n) is 11.3. The number of ether oxygens (including phenoxy) is 1. The number of piperazine rings is 1. The molecule has 8 heteroatoms. The van der Waals surface area contributed by atoms with Crippen molar-refractivity contribution in [2.45, 2.75) is 18.6 Å². The molecule has 0 aromatic rings. The fraction of sp³-hybridized carbons (Fsp3) is 0.917. The molecule has 1 N–H and O–H groups in total. The Hall–Kier alpha value is -0.860. The van der Waals surface area contributed by atoms with Crippen LogP contribution in [0.5, 0.6) is 0 Å². The van der Waals surface area contributed by atoms with E-state index in [4.69, 9.17) is 4.74 Å². The van der Waals surface area contributed by atoms with Crippen LogP contribution in [0.3, 0.4) is 0 Å². The summed E-state index contributed by atoms with van der Waals surface area (Å²) in [6, 6.07) is 0.0180. The first-order chi connectivity index (χ1) is 9.44. The molecule has 0 aromatic carbocycles. The molecule has 2 rings (SSSR count). The molecular weight excluding hydrogens is 275 g/mol. The summed E-state index contributed by atoms with van der Waals surface area (Å²) in [6.45, 7) is 2.29. The largest absolute Gasteiger partial charge is 0.401 e. The first-order valence-corrected chi connectivity index (χ1v) is 6.82. The summed E-state index contributed by atoms with van der Waals surface area (Å²) in [4.78, 5) is 15.0. The third kappa shape index (κ3) is 4.92. The van der Waals surface area contributed by atoms with E-state index in [1.165, 1.54) is 4.90 Å². The number of amides is 1. The van der Waals surface area contributed by atoms with E-state index in [9.17, 15) is 18.0 Å². The Morgan fingerprint density at radius 3 is 2.50 bits per heavy atom. The minimum absolute atomic E-state index is 0.0142. The Kier molecular flexibility index (Phi) is 5.22. The third-order valence-electron chi connectivity index (χ3n) is 3.55. The molecule has 5 nitrogen and oxygen atoms in total. The zero-order valence-corrected chi connectivity index (χ0v) is 11.3. The quantitative estimate of drug-likeness (QED) is 0.800. The van der Waals surface area contributed by atoms with Crippen LogP contribution in [-0.4, -0.2) is 80.4 Å². The van der Waals surface area contributed by atoms with Crippen LogP contribution in [-0.2, 0) is 9.53 Å². The molecule has 0 radical (unpaired) electrons. The van der Waals surface area contributed by atoms with E-state index in [0.717, 1.165) is 6.54 Å². The van der Waals surface area contributed by atoms with Gasteiger partial charge in [-0.1, -0.05) is 0 Å². The fourth-order valence-corrected chi connectivity index (χ4v) is 2.50. The summed E-state index contributed by atoms with van der Waals surface area (Å²) in [7, 11) is 0. The van der Waals surface area contributed by atoms with E-state index in [2.05, 4.69) is 5.32 Å². The van der Waals surface area contributed by atoms with Crippen LogP contribution in [0.25, 0.3) is 0 Å². The number of morpholine rings is 1. The minimum Gasteiger partial charge on any atom is -0.378 e. The highest BCUT2D eigenvalue weighted by molar-refractivity contribution is 5.77. The van der Waals surface area contributed by atoms with Gasteiger partial charge in [0.15, 0.2) is 0 Å². The molecule has 116 valence electrons. The SMILES string of the molecule is O=C(CC1COCCN1)N1CCN(CC(F)(F)F)CC1. The van der Waals surface area contributed by atoms with E-state index in [1.54, 1.807) is 4.90 Å². The lowest BCUT2D eigenvalue weighted by molar-refractivity contribution is -0.152. The smallest absolute Gasteiger partial charge is 0.378 e. The van der Waals surface area contributed by atoms with Gasteiger partial charge in [-0.3, -0.25) is 9.69 Å². The van der Waals surface area contributed by atoms with Crippen LogP contribution in [0.1, 0.15) is 6.42 Å². The van der Waals surface area contributed by atoms with Crippen molar-refractivity contribution in [3.8, 4) is 0 Å². The molecule has 2 heterocycles. The van der Waals surface area contributed by atoms with Gasteiger partial charge in [-0.05, 0) is 0 Å². The summed E-state index contributed by atoms with van der Waals surface area (Å²) < 4.78 is 42.1. The maximum atomic E-state index is 12.3. The molecule has 1 unspecified atom stereocenters. The van der Waals surface area contributed by atoms with E-state index < -0.39 is 12.7 Å². The Bertz CT molecular complexity index is 324. The number of carbonyl (C=O) groups is 1. The molecule has 0 aliphatic carbocycles. The van der Waals surface area contributed by atoms with Gasteiger partial charge < -0.3 is 15.0 Å². The van der Waals surface area contributed by atoms with Crippen LogP contribution in [0.15, 0.2) is 0 Å². The second-order valence-electron chi connectivity index (χ2n) is 5.20. The molecule has 20 heavy (non-hydrogen) atoms. The third-order valence-corrected chi connectivity index (χ3v) is 3.55.